The molecule has 0 saturated heterocycles. The summed E-state index contributed by atoms with van der Waals surface area (Å²) in [6.07, 6.45) is 49.6. The zero-order chi connectivity index (χ0) is 44.7. The summed E-state index contributed by atoms with van der Waals surface area (Å²) in [4.78, 5) is 37.9. The van der Waals surface area contributed by atoms with Gasteiger partial charge in [-0.15, -0.1) is 0 Å². The number of rotatable bonds is 49. The van der Waals surface area contributed by atoms with Crippen molar-refractivity contribution in [1.29, 1.82) is 0 Å². The molecule has 0 aliphatic carbocycles. The molecule has 0 aromatic rings. The summed E-state index contributed by atoms with van der Waals surface area (Å²) in [5.41, 5.74) is 0. The van der Waals surface area contributed by atoms with Crippen molar-refractivity contribution in [2.75, 3.05) is 13.2 Å². The molecule has 0 saturated carbocycles. The van der Waals surface area contributed by atoms with Gasteiger partial charge in [0.25, 0.3) is 0 Å². The van der Waals surface area contributed by atoms with Crippen LogP contribution in [0.1, 0.15) is 304 Å². The molecule has 0 radical (unpaired) electrons. The Bertz CT molecular complexity index is 931. The van der Waals surface area contributed by atoms with Gasteiger partial charge in [0.1, 0.15) is 13.2 Å². The number of hydrogen-bond acceptors (Lipinski definition) is 6. The summed E-state index contributed by atoms with van der Waals surface area (Å²) >= 11 is 0. The van der Waals surface area contributed by atoms with E-state index < -0.39 is 6.10 Å². The van der Waals surface area contributed by atoms with Gasteiger partial charge >= 0.3 is 17.9 Å². The van der Waals surface area contributed by atoms with Gasteiger partial charge in [0.05, 0.1) is 0 Å². The highest BCUT2D eigenvalue weighted by Gasteiger charge is 2.19. The van der Waals surface area contributed by atoms with Crippen LogP contribution in [0.2, 0.25) is 0 Å². The van der Waals surface area contributed by atoms with Gasteiger partial charge in [0.15, 0.2) is 6.10 Å². The highest BCUT2D eigenvalue weighted by Crippen LogP contribution is 2.18. The van der Waals surface area contributed by atoms with Gasteiger partial charge < -0.3 is 14.2 Å². The van der Waals surface area contributed by atoms with Gasteiger partial charge in [-0.25, -0.2) is 0 Å². The maximum Gasteiger partial charge on any atom is 0.306 e. The van der Waals surface area contributed by atoms with Crippen LogP contribution < -0.4 is 0 Å². The van der Waals surface area contributed by atoms with E-state index >= 15 is 0 Å². The zero-order valence-electron chi connectivity index (χ0n) is 41.8. The topological polar surface area (TPSA) is 78.9 Å². The van der Waals surface area contributed by atoms with Crippen LogP contribution in [0.25, 0.3) is 0 Å². The fourth-order valence-corrected chi connectivity index (χ4v) is 8.34. The van der Waals surface area contributed by atoms with Crippen molar-refractivity contribution in [3.05, 3.63) is 0 Å². The lowest BCUT2D eigenvalue weighted by atomic mass is 10.0. The van der Waals surface area contributed by atoms with E-state index in [4.69, 9.17) is 14.2 Å². The lowest BCUT2D eigenvalue weighted by Gasteiger charge is -2.18. The molecule has 0 spiro atoms. The van der Waals surface area contributed by atoms with Gasteiger partial charge in [0, 0.05) is 19.3 Å². The molecule has 0 unspecified atom stereocenters. The van der Waals surface area contributed by atoms with Crippen LogP contribution in [0.3, 0.4) is 0 Å². The second-order valence-electron chi connectivity index (χ2n) is 19.8. The maximum atomic E-state index is 12.8. The average Bonchev–Trinajstić information content (AvgIpc) is 3.23. The third kappa shape index (κ3) is 49.3. The highest BCUT2D eigenvalue weighted by molar-refractivity contribution is 5.71. The molecule has 0 heterocycles. The van der Waals surface area contributed by atoms with Gasteiger partial charge in [-0.2, -0.15) is 0 Å². The lowest BCUT2D eigenvalue weighted by molar-refractivity contribution is -0.167. The minimum absolute atomic E-state index is 0.0637. The third-order valence-corrected chi connectivity index (χ3v) is 12.5. The Balaban J connectivity index is 4.19. The summed E-state index contributed by atoms with van der Waals surface area (Å²) in [5.74, 6) is 0.805. The van der Waals surface area contributed by atoms with E-state index in [2.05, 4.69) is 34.6 Å². The first-order chi connectivity index (χ1) is 29.7. The van der Waals surface area contributed by atoms with Crippen LogP contribution in [0.5, 0.6) is 0 Å². The minimum atomic E-state index is -0.761. The normalized spacial score (nSPS) is 12.0. The SMILES string of the molecule is CCCCCCCCCCCCCC(=O)OC[C@@H](COC(=O)CCCCCCCCCCCCCCCCCCCCC(C)C)OC(=O)CCCCCCCCCCC(C)C. The smallest absolute Gasteiger partial charge is 0.306 e. The van der Waals surface area contributed by atoms with Crippen molar-refractivity contribution >= 4 is 17.9 Å². The molecule has 0 fully saturated rings. The average molecular weight is 863 g/mol. The molecule has 0 bridgehead atoms. The van der Waals surface area contributed by atoms with Crippen molar-refractivity contribution in [1.82, 2.24) is 0 Å². The molecule has 0 aromatic heterocycles. The molecular formula is C55H106O6. The summed E-state index contributed by atoms with van der Waals surface area (Å²) < 4.78 is 16.8. The number of hydrogen-bond donors (Lipinski definition) is 0. The van der Waals surface area contributed by atoms with Gasteiger partial charge in [-0.3, -0.25) is 14.4 Å². The van der Waals surface area contributed by atoms with Gasteiger partial charge in [-0.05, 0) is 31.1 Å². The molecule has 61 heavy (non-hydrogen) atoms. The number of ether oxygens (including phenoxy) is 3. The van der Waals surface area contributed by atoms with Crippen molar-refractivity contribution in [3.63, 3.8) is 0 Å². The fourth-order valence-electron chi connectivity index (χ4n) is 8.34. The van der Waals surface area contributed by atoms with Crippen molar-refractivity contribution in [2.24, 2.45) is 11.8 Å². The first-order valence-electron chi connectivity index (χ1n) is 27.2. The molecule has 0 aliphatic heterocycles. The Morgan fingerprint density at radius 2 is 0.541 bits per heavy atom. The minimum Gasteiger partial charge on any atom is -0.462 e. The lowest BCUT2D eigenvalue weighted by Crippen LogP contribution is -2.30. The Morgan fingerprint density at radius 1 is 0.311 bits per heavy atom. The highest BCUT2D eigenvalue weighted by atomic mass is 16.6. The van der Waals surface area contributed by atoms with E-state index in [-0.39, 0.29) is 31.1 Å². The van der Waals surface area contributed by atoms with Gasteiger partial charge in [0.2, 0.25) is 0 Å². The summed E-state index contributed by atoms with van der Waals surface area (Å²) in [6.45, 7) is 11.4. The standard InChI is InChI=1S/C55H106O6/c1-6-7-8-9-10-11-20-24-30-35-40-45-53(56)59-48-52(61-55(58)47-42-37-32-27-26-29-34-39-44-51(4)5)49-60-54(57)46-41-36-31-25-22-19-17-15-13-12-14-16-18-21-23-28-33-38-43-50(2)3/h50-52H,6-49H2,1-5H3/t52-/m0/s1. The molecule has 0 aromatic carbocycles. The number of unbranched alkanes of at least 4 members (excludes halogenated alkanes) is 34. The summed E-state index contributed by atoms with van der Waals surface area (Å²) in [6, 6.07) is 0. The molecule has 0 amide bonds. The monoisotopic (exact) mass is 863 g/mol. The molecule has 0 N–H and O–H groups in total. The molecule has 6 heteroatoms. The van der Waals surface area contributed by atoms with Crippen LogP contribution in [-0.4, -0.2) is 37.2 Å². The van der Waals surface area contributed by atoms with Crippen molar-refractivity contribution in [2.45, 2.75) is 310 Å². The second kappa shape index (κ2) is 47.9. The van der Waals surface area contributed by atoms with Crippen molar-refractivity contribution < 1.29 is 28.6 Å². The molecule has 0 aliphatic rings. The van der Waals surface area contributed by atoms with Crippen LogP contribution in [0, 0.1) is 11.8 Å². The Labute approximate surface area is 380 Å². The maximum absolute atomic E-state index is 12.8. The number of esters is 3. The second-order valence-corrected chi connectivity index (χ2v) is 19.8. The van der Waals surface area contributed by atoms with E-state index in [0.717, 1.165) is 69.6 Å². The predicted octanol–water partition coefficient (Wildman–Crippen LogP) is 17.7. The molecule has 362 valence electrons. The van der Waals surface area contributed by atoms with Crippen LogP contribution in [0.15, 0.2) is 0 Å². The summed E-state index contributed by atoms with van der Waals surface area (Å²) in [7, 11) is 0. The van der Waals surface area contributed by atoms with Crippen LogP contribution in [-0.2, 0) is 28.6 Å². The van der Waals surface area contributed by atoms with E-state index in [0.29, 0.717) is 19.3 Å². The zero-order valence-corrected chi connectivity index (χ0v) is 41.8. The Hall–Kier alpha value is -1.59. The molecule has 6 nitrogen and oxygen atoms in total. The number of carbonyl (C=O) groups is 3. The Kier molecular flexibility index (Phi) is 46.6. The first-order valence-corrected chi connectivity index (χ1v) is 27.2. The Morgan fingerprint density at radius 3 is 0.803 bits per heavy atom. The molecule has 1 atom stereocenters. The van der Waals surface area contributed by atoms with Crippen LogP contribution >= 0.6 is 0 Å². The predicted molar refractivity (Wildman–Crippen MR) is 261 cm³/mol. The molecule has 0 rings (SSSR count). The first kappa shape index (κ1) is 59.4. The molecular weight excluding hydrogens is 757 g/mol. The van der Waals surface area contributed by atoms with Gasteiger partial charge in [-0.1, -0.05) is 266 Å². The van der Waals surface area contributed by atoms with Crippen molar-refractivity contribution in [3.8, 4) is 0 Å². The number of carbonyl (C=O) groups excluding carboxylic acids is 3. The quantitative estimate of drug-likeness (QED) is 0.0344. The van der Waals surface area contributed by atoms with E-state index in [9.17, 15) is 14.4 Å². The largest absolute Gasteiger partial charge is 0.462 e. The van der Waals surface area contributed by atoms with E-state index in [1.54, 1.807) is 0 Å². The fraction of sp³-hybridized carbons (Fsp3) is 0.945. The third-order valence-electron chi connectivity index (χ3n) is 12.5. The summed E-state index contributed by atoms with van der Waals surface area (Å²) in [5, 5.41) is 0. The van der Waals surface area contributed by atoms with Crippen LogP contribution in [0.4, 0.5) is 0 Å². The van der Waals surface area contributed by atoms with E-state index in [1.807, 2.05) is 0 Å². The van der Waals surface area contributed by atoms with E-state index in [1.165, 1.54) is 193 Å².